The summed E-state index contributed by atoms with van der Waals surface area (Å²) < 4.78 is 11.1. The molecule has 7 nitrogen and oxygen atoms in total. The Labute approximate surface area is 129 Å². The van der Waals surface area contributed by atoms with Crippen molar-refractivity contribution in [2.45, 2.75) is 37.8 Å². The second-order valence-electron chi connectivity index (χ2n) is 5.69. The molecule has 8 heteroatoms. The van der Waals surface area contributed by atoms with E-state index in [1.807, 2.05) is 32.8 Å². The zero-order chi connectivity index (χ0) is 15.4. The molecule has 0 saturated carbocycles. The Balaban J connectivity index is 1.82. The molecule has 1 fully saturated rings. The van der Waals surface area contributed by atoms with Gasteiger partial charge < -0.3 is 19.0 Å². The first-order valence-electron chi connectivity index (χ1n) is 7.11. The van der Waals surface area contributed by atoms with E-state index >= 15 is 0 Å². The molecule has 1 aliphatic rings. The number of morpholine rings is 1. The number of carbonyl (C=O) groups is 1. The van der Waals surface area contributed by atoms with Crippen molar-refractivity contribution in [1.29, 1.82) is 0 Å². The van der Waals surface area contributed by atoms with Gasteiger partial charge in [-0.2, -0.15) is 0 Å². The third kappa shape index (κ3) is 4.98. The van der Waals surface area contributed by atoms with Crippen LogP contribution in [0, 0.1) is 0 Å². The summed E-state index contributed by atoms with van der Waals surface area (Å²) in [5.74, 6) is 0.995. The van der Waals surface area contributed by atoms with Crippen LogP contribution >= 0.6 is 11.8 Å². The highest BCUT2D eigenvalue weighted by atomic mass is 32.2. The van der Waals surface area contributed by atoms with Crippen LogP contribution in [0.1, 0.15) is 19.7 Å². The van der Waals surface area contributed by atoms with Crippen LogP contribution < -0.4 is 4.90 Å². The molecule has 21 heavy (non-hydrogen) atoms. The SMILES string of the molecule is C[C@@H]1CN(C(=O)CSc2nnc(C[NH+](C)C)o2)C[C@H](C)O1. The lowest BCUT2D eigenvalue weighted by Gasteiger charge is -2.35. The normalized spacial score (nSPS) is 22.8. The van der Waals surface area contributed by atoms with E-state index in [4.69, 9.17) is 9.15 Å². The quantitative estimate of drug-likeness (QED) is 0.735. The summed E-state index contributed by atoms with van der Waals surface area (Å²) in [5.41, 5.74) is 0. The summed E-state index contributed by atoms with van der Waals surface area (Å²) in [6.07, 6.45) is 0.168. The van der Waals surface area contributed by atoms with Crippen molar-refractivity contribution in [1.82, 2.24) is 15.1 Å². The summed E-state index contributed by atoms with van der Waals surface area (Å²) in [6, 6.07) is 0. The number of quaternary nitrogens is 1. The molecule has 2 rings (SSSR count). The van der Waals surface area contributed by atoms with Gasteiger partial charge in [-0.25, -0.2) is 0 Å². The first kappa shape index (κ1) is 16.3. The van der Waals surface area contributed by atoms with E-state index in [1.54, 1.807) is 0 Å². The fourth-order valence-corrected chi connectivity index (χ4v) is 2.95. The van der Waals surface area contributed by atoms with E-state index in [2.05, 4.69) is 10.2 Å². The smallest absolute Gasteiger partial charge is 0.277 e. The van der Waals surface area contributed by atoms with Gasteiger partial charge in [-0.3, -0.25) is 4.79 Å². The second kappa shape index (κ2) is 7.24. The predicted molar refractivity (Wildman–Crippen MR) is 78.1 cm³/mol. The lowest BCUT2D eigenvalue weighted by atomic mass is 10.2. The molecule has 1 aromatic heterocycles. The van der Waals surface area contributed by atoms with Crippen molar-refractivity contribution < 1.29 is 18.8 Å². The molecule has 0 bridgehead atoms. The fourth-order valence-electron chi connectivity index (χ4n) is 2.27. The molecule has 1 N–H and O–H groups in total. The number of carbonyl (C=O) groups excluding carboxylic acids is 1. The second-order valence-corrected chi connectivity index (χ2v) is 6.62. The molecule has 0 unspecified atom stereocenters. The number of nitrogens with zero attached hydrogens (tertiary/aromatic N) is 3. The summed E-state index contributed by atoms with van der Waals surface area (Å²) in [7, 11) is 4.03. The van der Waals surface area contributed by atoms with E-state index < -0.39 is 0 Å². The van der Waals surface area contributed by atoms with Gasteiger partial charge in [-0.15, -0.1) is 10.2 Å². The molecule has 1 amide bonds. The van der Waals surface area contributed by atoms with Crippen molar-refractivity contribution in [2.75, 3.05) is 32.9 Å². The number of thioether (sulfide) groups is 1. The van der Waals surface area contributed by atoms with E-state index in [0.29, 0.717) is 36.5 Å². The molecule has 2 atom stereocenters. The summed E-state index contributed by atoms with van der Waals surface area (Å²) in [6.45, 7) is 5.93. The number of hydrogen-bond donors (Lipinski definition) is 1. The zero-order valence-corrected chi connectivity index (χ0v) is 13.8. The molecule has 0 spiro atoms. The summed E-state index contributed by atoms with van der Waals surface area (Å²) >= 11 is 1.29. The van der Waals surface area contributed by atoms with Gasteiger partial charge in [0.05, 0.1) is 32.1 Å². The van der Waals surface area contributed by atoms with Gasteiger partial charge in [0, 0.05) is 13.1 Å². The number of ether oxygens (including phenoxy) is 1. The first-order chi connectivity index (χ1) is 9.94. The predicted octanol–water partition coefficient (Wildman–Crippen LogP) is -0.558. The Hall–Kier alpha value is -1.12. The van der Waals surface area contributed by atoms with Crippen LogP contribution in [0.25, 0.3) is 0 Å². The molecule has 0 aromatic carbocycles. The van der Waals surface area contributed by atoms with Crippen molar-refractivity contribution in [3.05, 3.63) is 5.89 Å². The minimum absolute atomic E-state index is 0.0833. The number of nitrogens with one attached hydrogen (secondary N) is 1. The Morgan fingerprint density at radius 1 is 1.33 bits per heavy atom. The molecule has 0 aliphatic carbocycles. The lowest BCUT2D eigenvalue weighted by Crippen LogP contribution is -3.04. The number of hydrogen-bond acceptors (Lipinski definition) is 6. The Kier molecular flexibility index (Phi) is 5.60. The van der Waals surface area contributed by atoms with Crippen LogP contribution in [-0.2, 0) is 16.1 Å². The minimum Gasteiger partial charge on any atom is -0.410 e. The lowest BCUT2D eigenvalue weighted by molar-refractivity contribution is -0.874. The van der Waals surface area contributed by atoms with Crippen molar-refractivity contribution in [3.63, 3.8) is 0 Å². The summed E-state index contributed by atoms with van der Waals surface area (Å²) in [5, 5.41) is 8.37. The first-order valence-corrected chi connectivity index (χ1v) is 8.10. The molecular formula is C13H23N4O3S+. The van der Waals surface area contributed by atoms with Crippen LogP contribution in [0.4, 0.5) is 0 Å². The van der Waals surface area contributed by atoms with E-state index in [1.165, 1.54) is 16.7 Å². The average Bonchev–Trinajstić information content (AvgIpc) is 2.81. The van der Waals surface area contributed by atoms with Gasteiger partial charge >= 0.3 is 0 Å². The van der Waals surface area contributed by atoms with Crippen molar-refractivity contribution in [3.8, 4) is 0 Å². The fraction of sp³-hybridized carbons (Fsp3) is 0.769. The van der Waals surface area contributed by atoms with Crippen LogP contribution in [0.5, 0.6) is 0 Å². The maximum atomic E-state index is 12.2. The Bertz CT molecular complexity index is 470. The largest absolute Gasteiger partial charge is 0.410 e. The minimum atomic E-state index is 0.0833. The number of amides is 1. The van der Waals surface area contributed by atoms with Crippen LogP contribution in [0.2, 0.25) is 0 Å². The highest BCUT2D eigenvalue weighted by Crippen LogP contribution is 2.18. The van der Waals surface area contributed by atoms with Crippen LogP contribution in [-0.4, -0.2) is 66.2 Å². The topological polar surface area (TPSA) is 72.9 Å². The standard InChI is InChI=1S/C13H22N4O3S/c1-9-5-17(6-10(2)19-9)12(18)8-21-13-15-14-11(20-13)7-16(3)4/h9-10H,5-8H2,1-4H3/p+1/t9-,10+. The monoisotopic (exact) mass is 315 g/mol. The van der Waals surface area contributed by atoms with E-state index in [9.17, 15) is 4.79 Å². The maximum Gasteiger partial charge on any atom is 0.277 e. The molecule has 118 valence electrons. The van der Waals surface area contributed by atoms with Gasteiger partial charge in [0.25, 0.3) is 11.1 Å². The van der Waals surface area contributed by atoms with Crippen molar-refractivity contribution >= 4 is 17.7 Å². The van der Waals surface area contributed by atoms with Gasteiger partial charge in [0.1, 0.15) is 0 Å². The average molecular weight is 315 g/mol. The van der Waals surface area contributed by atoms with Gasteiger partial charge in [0.15, 0.2) is 6.54 Å². The van der Waals surface area contributed by atoms with Crippen molar-refractivity contribution in [2.24, 2.45) is 0 Å². The maximum absolute atomic E-state index is 12.2. The van der Waals surface area contributed by atoms with Crippen LogP contribution in [0.15, 0.2) is 9.64 Å². The Morgan fingerprint density at radius 3 is 2.62 bits per heavy atom. The van der Waals surface area contributed by atoms with Crippen LogP contribution in [0.3, 0.4) is 0 Å². The molecule has 1 aromatic rings. The van der Waals surface area contributed by atoms with E-state index in [0.717, 1.165) is 0 Å². The highest BCUT2D eigenvalue weighted by Gasteiger charge is 2.26. The third-order valence-electron chi connectivity index (χ3n) is 3.04. The Morgan fingerprint density at radius 2 is 2.00 bits per heavy atom. The van der Waals surface area contributed by atoms with Gasteiger partial charge in [-0.05, 0) is 13.8 Å². The van der Waals surface area contributed by atoms with Gasteiger partial charge in [0.2, 0.25) is 5.91 Å². The number of rotatable bonds is 5. The molecular weight excluding hydrogens is 292 g/mol. The molecule has 1 saturated heterocycles. The number of aromatic nitrogens is 2. The third-order valence-corrected chi connectivity index (χ3v) is 3.85. The molecule has 2 heterocycles. The van der Waals surface area contributed by atoms with Gasteiger partial charge in [-0.1, -0.05) is 11.8 Å². The highest BCUT2D eigenvalue weighted by molar-refractivity contribution is 7.99. The van der Waals surface area contributed by atoms with E-state index in [-0.39, 0.29) is 18.1 Å². The molecule has 1 aliphatic heterocycles. The zero-order valence-electron chi connectivity index (χ0n) is 13.0. The molecule has 0 radical (unpaired) electrons. The summed E-state index contributed by atoms with van der Waals surface area (Å²) in [4.78, 5) is 15.3.